The van der Waals surface area contributed by atoms with Crippen LogP contribution in [0.1, 0.15) is 39.0 Å². The molecule has 0 atom stereocenters. The summed E-state index contributed by atoms with van der Waals surface area (Å²) in [6, 6.07) is 2.03. The summed E-state index contributed by atoms with van der Waals surface area (Å²) >= 11 is 0. The van der Waals surface area contributed by atoms with Gasteiger partial charge in [-0.1, -0.05) is 27.7 Å². The van der Waals surface area contributed by atoms with E-state index in [9.17, 15) is 5.11 Å². The van der Waals surface area contributed by atoms with Crippen LogP contribution < -0.4 is 4.90 Å². The molecular weight excluding hydrogens is 212 g/mol. The average Bonchev–Trinajstić information content (AvgIpc) is 2.49. The number of nitrogens with zero attached hydrogens (tertiary/aromatic N) is 2. The molecule has 0 saturated heterocycles. The van der Waals surface area contributed by atoms with E-state index < -0.39 is 0 Å². The van der Waals surface area contributed by atoms with Gasteiger partial charge in [0, 0.05) is 36.0 Å². The number of rotatable bonds is 3. The van der Waals surface area contributed by atoms with Crippen molar-refractivity contribution < 1.29 is 5.11 Å². The molecule has 0 fully saturated rings. The first kappa shape index (κ1) is 12.4. The van der Waals surface area contributed by atoms with E-state index in [2.05, 4.69) is 37.6 Å². The summed E-state index contributed by atoms with van der Waals surface area (Å²) in [6.45, 7) is 11.1. The lowest BCUT2D eigenvalue weighted by Gasteiger charge is -2.24. The van der Waals surface area contributed by atoms with E-state index in [0.717, 1.165) is 18.8 Å². The van der Waals surface area contributed by atoms with E-state index in [-0.39, 0.29) is 12.0 Å². The lowest BCUT2D eigenvalue weighted by atomic mass is 9.88. The molecular formula is C14H22N2O. The lowest BCUT2D eigenvalue weighted by molar-refractivity contribution is 0.277. The number of anilines is 1. The first-order chi connectivity index (χ1) is 7.94. The Hall–Kier alpha value is -1.09. The molecule has 0 spiro atoms. The van der Waals surface area contributed by atoms with Gasteiger partial charge in [-0.3, -0.25) is 4.98 Å². The van der Waals surface area contributed by atoms with Crippen molar-refractivity contribution in [3.05, 3.63) is 23.5 Å². The number of aromatic nitrogens is 1. The Bertz CT molecular complexity index is 413. The number of hydrogen-bond donors (Lipinski definition) is 1. The molecule has 3 nitrogen and oxygen atoms in total. The van der Waals surface area contributed by atoms with Crippen LogP contribution in [-0.4, -0.2) is 23.2 Å². The van der Waals surface area contributed by atoms with Crippen molar-refractivity contribution in [2.24, 2.45) is 5.92 Å². The zero-order valence-corrected chi connectivity index (χ0v) is 11.2. The van der Waals surface area contributed by atoms with Crippen molar-refractivity contribution in [1.82, 2.24) is 4.98 Å². The average molecular weight is 234 g/mol. The fourth-order valence-corrected chi connectivity index (χ4v) is 2.61. The van der Waals surface area contributed by atoms with Crippen LogP contribution in [0.5, 0.6) is 0 Å². The summed E-state index contributed by atoms with van der Waals surface area (Å²) in [5.74, 6) is 0.641. The lowest BCUT2D eigenvalue weighted by Crippen LogP contribution is -2.31. The highest BCUT2D eigenvalue weighted by atomic mass is 16.3. The van der Waals surface area contributed by atoms with Gasteiger partial charge in [-0.25, -0.2) is 0 Å². The molecule has 0 aromatic carbocycles. The Labute approximate surface area is 103 Å². The van der Waals surface area contributed by atoms with Gasteiger partial charge in [-0.05, 0) is 12.0 Å². The first-order valence-corrected chi connectivity index (χ1v) is 6.29. The second kappa shape index (κ2) is 4.30. The van der Waals surface area contributed by atoms with Crippen LogP contribution in [0.15, 0.2) is 12.3 Å². The number of fused-ring (bicyclic) bond motifs is 1. The molecule has 1 aliphatic rings. The summed E-state index contributed by atoms with van der Waals surface area (Å²) < 4.78 is 0. The smallest absolute Gasteiger partial charge is 0.0853 e. The number of aliphatic hydroxyl groups is 1. The summed E-state index contributed by atoms with van der Waals surface area (Å²) in [5, 5.41) is 9.19. The molecule has 0 aliphatic carbocycles. The second-order valence-electron chi connectivity index (χ2n) is 6.01. The van der Waals surface area contributed by atoms with Crippen LogP contribution >= 0.6 is 0 Å². The highest BCUT2D eigenvalue weighted by Crippen LogP contribution is 2.40. The number of pyridine rings is 1. The van der Waals surface area contributed by atoms with E-state index in [1.165, 1.54) is 11.3 Å². The van der Waals surface area contributed by atoms with Crippen LogP contribution in [0.2, 0.25) is 0 Å². The van der Waals surface area contributed by atoms with Crippen LogP contribution in [0, 0.1) is 5.92 Å². The normalized spacial score (nSPS) is 17.6. The van der Waals surface area contributed by atoms with Crippen molar-refractivity contribution in [3.8, 4) is 0 Å². The largest absolute Gasteiger partial charge is 0.390 e. The fraction of sp³-hybridized carbons (Fsp3) is 0.643. The third-order valence-electron chi connectivity index (χ3n) is 3.34. The summed E-state index contributed by atoms with van der Waals surface area (Å²) in [6.07, 6.45) is 1.93. The van der Waals surface area contributed by atoms with Gasteiger partial charge in [0.1, 0.15) is 0 Å². The van der Waals surface area contributed by atoms with Gasteiger partial charge in [0.25, 0.3) is 0 Å². The van der Waals surface area contributed by atoms with Crippen molar-refractivity contribution in [1.29, 1.82) is 0 Å². The summed E-state index contributed by atoms with van der Waals surface area (Å²) in [7, 11) is 0. The van der Waals surface area contributed by atoms with Crippen molar-refractivity contribution in [3.63, 3.8) is 0 Å². The minimum atomic E-state index is 0.0171. The third kappa shape index (κ3) is 2.29. The molecule has 0 saturated carbocycles. The van der Waals surface area contributed by atoms with Crippen LogP contribution in [0.4, 0.5) is 5.69 Å². The molecule has 94 valence electrons. The molecule has 1 aromatic rings. The van der Waals surface area contributed by atoms with Gasteiger partial charge in [-0.2, -0.15) is 0 Å². The van der Waals surface area contributed by atoms with E-state index in [4.69, 9.17) is 0 Å². The highest BCUT2D eigenvalue weighted by molar-refractivity contribution is 5.62. The summed E-state index contributed by atoms with van der Waals surface area (Å²) in [5.41, 5.74) is 3.47. The molecule has 0 unspecified atom stereocenters. The zero-order valence-electron chi connectivity index (χ0n) is 11.2. The molecule has 0 amide bonds. The van der Waals surface area contributed by atoms with Crippen LogP contribution in [0.3, 0.4) is 0 Å². The van der Waals surface area contributed by atoms with E-state index >= 15 is 0 Å². The molecule has 0 bridgehead atoms. The second-order valence-corrected chi connectivity index (χ2v) is 6.01. The van der Waals surface area contributed by atoms with Gasteiger partial charge < -0.3 is 10.0 Å². The zero-order chi connectivity index (χ0) is 12.6. The Morgan fingerprint density at radius 3 is 2.76 bits per heavy atom. The van der Waals surface area contributed by atoms with Crippen molar-refractivity contribution >= 4 is 5.69 Å². The topological polar surface area (TPSA) is 36.4 Å². The molecule has 2 rings (SSSR count). The Morgan fingerprint density at radius 1 is 1.47 bits per heavy atom. The molecule has 0 radical (unpaired) electrons. The standard InChI is InChI=1S/C14H22N2O/c1-10(2)7-16-9-14(3,4)12-6-15-11(8-17)5-13(12)16/h5-6,10,17H,7-9H2,1-4H3. The van der Waals surface area contributed by atoms with Crippen LogP contribution in [0.25, 0.3) is 0 Å². The molecule has 1 aromatic heterocycles. The highest BCUT2D eigenvalue weighted by Gasteiger charge is 2.35. The predicted octanol–water partition coefficient (Wildman–Crippen LogP) is 2.33. The van der Waals surface area contributed by atoms with Crippen LogP contribution in [-0.2, 0) is 12.0 Å². The Balaban J connectivity index is 2.39. The van der Waals surface area contributed by atoms with E-state index in [0.29, 0.717) is 5.92 Å². The maximum Gasteiger partial charge on any atom is 0.0853 e. The molecule has 2 heterocycles. The van der Waals surface area contributed by atoms with Gasteiger partial charge in [-0.15, -0.1) is 0 Å². The number of aliphatic hydroxyl groups excluding tert-OH is 1. The third-order valence-corrected chi connectivity index (χ3v) is 3.34. The molecule has 1 N–H and O–H groups in total. The van der Waals surface area contributed by atoms with Gasteiger partial charge >= 0.3 is 0 Å². The maximum absolute atomic E-state index is 9.19. The van der Waals surface area contributed by atoms with Crippen molar-refractivity contribution in [2.75, 3.05) is 18.0 Å². The van der Waals surface area contributed by atoms with Gasteiger partial charge in [0.2, 0.25) is 0 Å². The molecule has 1 aliphatic heterocycles. The molecule has 17 heavy (non-hydrogen) atoms. The van der Waals surface area contributed by atoms with Crippen molar-refractivity contribution in [2.45, 2.75) is 39.7 Å². The Morgan fingerprint density at radius 2 is 2.18 bits per heavy atom. The maximum atomic E-state index is 9.19. The number of hydrogen-bond acceptors (Lipinski definition) is 3. The van der Waals surface area contributed by atoms with Gasteiger partial charge in [0.05, 0.1) is 12.3 Å². The van der Waals surface area contributed by atoms with E-state index in [1.54, 1.807) is 0 Å². The minimum absolute atomic E-state index is 0.0171. The van der Waals surface area contributed by atoms with Gasteiger partial charge in [0.15, 0.2) is 0 Å². The summed E-state index contributed by atoms with van der Waals surface area (Å²) in [4.78, 5) is 6.72. The Kier molecular flexibility index (Phi) is 3.13. The predicted molar refractivity (Wildman–Crippen MR) is 70.2 cm³/mol. The van der Waals surface area contributed by atoms with E-state index in [1.807, 2.05) is 12.3 Å². The molecule has 3 heteroatoms. The fourth-order valence-electron chi connectivity index (χ4n) is 2.61. The minimum Gasteiger partial charge on any atom is -0.390 e. The monoisotopic (exact) mass is 234 g/mol. The SMILES string of the molecule is CC(C)CN1CC(C)(C)c2cnc(CO)cc21. The quantitative estimate of drug-likeness (QED) is 0.872. The first-order valence-electron chi connectivity index (χ1n) is 6.29.